The summed E-state index contributed by atoms with van der Waals surface area (Å²) >= 11 is 4.33. The summed E-state index contributed by atoms with van der Waals surface area (Å²) in [6, 6.07) is 0. The van der Waals surface area contributed by atoms with Gasteiger partial charge in [0.2, 0.25) is 0 Å². The van der Waals surface area contributed by atoms with Crippen LogP contribution < -0.4 is 0 Å². The van der Waals surface area contributed by atoms with Crippen molar-refractivity contribution in [3.63, 3.8) is 0 Å². The van der Waals surface area contributed by atoms with Crippen molar-refractivity contribution >= 4 is 22.5 Å². The summed E-state index contributed by atoms with van der Waals surface area (Å²) in [5.41, 5.74) is 0. The van der Waals surface area contributed by atoms with E-state index in [4.69, 9.17) is 4.74 Å². The molecule has 90 valence electrons. The highest BCUT2D eigenvalue weighted by Gasteiger charge is 2.38. The first kappa shape index (κ1) is 13.3. The van der Waals surface area contributed by atoms with Gasteiger partial charge >= 0.3 is 0 Å². The maximum absolute atomic E-state index is 12.2. The Bertz CT molecular complexity index is 303. The lowest BCUT2D eigenvalue weighted by atomic mass is 10.2. The fourth-order valence-corrected chi connectivity index (χ4v) is 4.10. The standard InChI is InChI=1S/C10H20O3S2/c1-10(2,3)15(11,12)9-4-5-13-7-8(14)6-9/h8-9,14H,4-7H2,1-3H3. The molecule has 2 atom stereocenters. The number of rotatable bonds is 1. The molecule has 0 aromatic carbocycles. The van der Waals surface area contributed by atoms with Crippen molar-refractivity contribution in [1.29, 1.82) is 0 Å². The van der Waals surface area contributed by atoms with Crippen LogP contribution in [0.25, 0.3) is 0 Å². The monoisotopic (exact) mass is 252 g/mol. The second-order valence-corrected chi connectivity index (χ2v) is 8.74. The van der Waals surface area contributed by atoms with E-state index in [2.05, 4.69) is 12.6 Å². The van der Waals surface area contributed by atoms with Gasteiger partial charge in [0.1, 0.15) is 0 Å². The topological polar surface area (TPSA) is 43.4 Å². The summed E-state index contributed by atoms with van der Waals surface area (Å²) in [6.07, 6.45) is 1.19. The van der Waals surface area contributed by atoms with Crippen LogP contribution in [0.2, 0.25) is 0 Å². The van der Waals surface area contributed by atoms with E-state index in [0.717, 1.165) is 0 Å². The Morgan fingerprint density at radius 2 is 1.93 bits per heavy atom. The number of sulfone groups is 1. The van der Waals surface area contributed by atoms with Gasteiger partial charge < -0.3 is 4.74 Å². The number of hydrogen-bond acceptors (Lipinski definition) is 4. The maximum atomic E-state index is 12.2. The zero-order valence-electron chi connectivity index (χ0n) is 9.56. The van der Waals surface area contributed by atoms with Gasteiger partial charge in [-0.1, -0.05) is 0 Å². The molecule has 2 unspecified atom stereocenters. The zero-order valence-corrected chi connectivity index (χ0v) is 11.3. The van der Waals surface area contributed by atoms with Gasteiger partial charge in [-0.3, -0.25) is 0 Å². The van der Waals surface area contributed by atoms with Crippen LogP contribution in [0.15, 0.2) is 0 Å². The summed E-state index contributed by atoms with van der Waals surface area (Å²) in [7, 11) is -3.08. The average Bonchev–Trinajstić information content (AvgIpc) is 2.27. The van der Waals surface area contributed by atoms with Crippen LogP contribution in [0.5, 0.6) is 0 Å². The van der Waals surface area contributed by atoms with E-state index < -0.39 is 14.6 Å². The quantitative estimate of drug-likeness (QED) is 0.722. The van der Waals surface area contributed by atoms with Crippen LogP contribution in [-0.4, -0.2) is 36.9 Å². The fraction of sp³-hybridized carbons (Fsp3) is 1.00. The minimum absolute atomic E-state index is 0.0367. The van der Waals surface area contributed by atoms with Gasteiger partial charge in [-0.15, -0.1) is 0 Å². The molecule has 0 N–H and O–H groups in total. The molecule has 0 aromatic heterocycles. The summed E-state index contributed by atoms with van der Waals surface area (Å²) < 4.78 is 29.1. The Morgan fingerprint density at radius 1 is 1.33 bits per heavy atom. The molecule has 0 amide bonds. The number of hydrogen-bond donors (Lipinski definition) is 1. The molecule has 0 aliphatic carbocycles. The van der Waals surface area contributed by atoms with E-state index in [1.165, 1.54) is 0 Å². The van der Waals surface area contributed by atoms with E-state index in [-0.39, 0.29) is 10.5 Å². The third-order valence-electron chi connectivity index (χ3n) is 2.72. The highest BCUT2D eigenvalue weighted by Crippen LogP contribution is 2.28. The smallest absolute Gasteiger partial charge is 0.158 e. The van der Waals surface area contributed by atoms with Crippen LogP contribution >= 0.6 is 12.6 Å². The van der Waals surface area contributed by atoms with Crippen molar-refractivity contribution in [2.75, 3.05) is 13.2 Å². The van der Waals surface area contributed by atoms with Crippen molar-refractivity contribution in [3.8, 4) is 0 Å². The molecule has 0 aromatic rings. The minimum atomic E-state index is -3.08. The highest BCUT2D eigenvalue weighted by atomic mass is 32.2. The Hall–Kier alpha value is 0.260. The molecule has 1 rings (SSSR count). The molecular weight excluding hydrogens is 232 g/mol. The van der Waals surface area contributed by atoms with Gasteiger partial charge in [-0.25, -0.2) is 8.42 Å². The first-order valence-corrected chi connectivity index (χ1v) is 7.30. The van der Waals surface area contributed by atoms with E-state index in [0.29, 0.717) is 26.1 Å². The highest BCUT2D eigenvalue weighted by molar-refractivity contribution is 7.93. The molecule has 0 spiro atoms. The Morgan fingerprint density at radius 3 is 2.47 bits per heavy atom. The molecular formula is C10H20O3S2. The molecule has 1 aliphatic heterocycles. The second kappa shape index (κ2) is 4.63. The van der Waals surface area contributed by atoms with E-state index >= 15 is 0 Å². The van der Waals surface area contributed by atoms with Crippen molar-refractivity contribution in [1.82, 2.24) is 0 Å². The molecule has 5 heteroatoms. The van der Waals surface area contributed by atoms with E-state index in [9.17, 15) is 8.42 Å². The predicted octanol–water partition coefficient (Wildman–Crippen LogP) is 1.68. The molecule has 0 radical (unpaired) electrons. The lowest BCUT2D eigenvalue weighted by Gasteiger charge is -2.26. The van der Waals surface area contributed by atoms with Crippen LogP contribution in [0.4, 0.5) is 0 Å². The molecule has 1 heterocycles. The fourth-order valence-electron chi connectivity index (χ4n) is 1.71. The number of ether oxygens (including phenoxy) is 1. The first-order chi connectivity index (χ1) is 6.75. The van der Waals surface area contributed by atoms with Crippen molar-refractivity contribution in [2.45, 2.75) is 48.9 Å². The molecule has 0 bridgehead atoms. The maximum Gasteiger partial charge on any atom is 0.158 e. The van der Waals surface area contributed by atoms with Gasteiger partial charge in [0.25, 0.3) is 0 Å². The molecule has 1 fully saturated rings. The van der Waals surface area contributed by atoms with Gasteiger partial charge in [-0.05, 0) is 33.6 Å². The normalized spacial score (nSPS) is 29.9. The third kappa shape index (κ3) is 3.11. The Kier molecular flexibility index (Phi) is 4.12. The summed E-state index contributed by atoms with van der Waals surface area (Å²) in [5.74, 6) is 0. The Labute approximate surface area is 97.9 Å². The van der Waals surface area contributed by atoms with Crippen LogP contribution in [0, 0.1) is 0 Å². The summed E-state index contributed by atoms with van der Waals surface area (Å²) in [6.45, 7) is 6.33. The second-order valence-electron chi connectivity index (χ2n) is 5.03. The molecule has 15 heavy (non-hydrogen) atoms. The lowest BCUT2D eigenvalue weighted by molar-refractivity contribution is 0.147. The van der Waals surface area contributed by atoms with Crippen molar-refractivity contribution < 1.29 is 13.2 Å². The van der Waals surface area contributed by atoms with Crippen molar-refractivity contribution in [3.05, 3.63) is 0 Å². The van der Waals surface area contributed by atoms with Gasteiger partial charge in [0.05, 0.1) is 16.6 Å². The van der Waals surface area contributed by atoms with Crippen molar-refractivity contribution in [2.24, 2.45) is 0 Å². The predicted molar refractivity (Wildman–Crippen MR) is 65.3 cm³/mol. The van der Waals surface area contributed by atoms with Gasteiger partial charge in [0, 0.05) is 11.9 Å². The van der Waals surface area contributed by atoms with E-state index in [1.807, 2.05) is 0 Å². The van der Waals surface area contributed by atoms with Crippen LogP contribution in [0.3, 0.4) is 0 Å². The largest absolute Gasteiger partial charge is 0.380 e. The molecule has 0 saturated carbocycles. The molecule has 1 saturated heterocycles. The SMILES string of the molecule is CC(C)(C)S(=O)(=O)C1CCOCC(S)C1. The first-order valence-electron chi connectivity index (χ1n) is 5.24. The average molecular weight is 252 g/mol. The Balaban J connectivity index is 2.86. The van der Waals surface area contributed by atoms with Crippen LogP contribution in [-0.2, 0) is 14.6 Å². The minimum Gasteiger partial charge on any atom is -0.380 e. The summed E-state index contributed by atoms with van der Waals surface area (Å²) in [4.78, 5) is 0. The molecule has 3 nitrogen and oxygen atoms in total. The number of thiol groups is 1. The van der Waals surface area contributed by atoms with Gasteiger partial charge in [-0.2, -0.15) is 12.6 Å². The van der Waals surface area contributed by atoms with E-state index in [1.54, 1.807) is 20.8 Å². The third-order valence-corrected chi connectivity index (χ3v) is 6.09. The zero-order chi connectivity index (χ0) is 11.7. The summed E-state index contributed by atoms with van der Waals surface area (Å²) in [5, 5.41) is -0.267. The lowest BCUT2D eigenvalue weighted by Crippen LogP contribution is -2.38. The van der Waals surface area contributed by atoms with Gasteiger partial charge in [0.15, 0.2) is 9.84 Å². The molecule has 1 aliphatic rings. The van der Waals surface area contributed by atoms with Crippen LogP contribution in [0.1, 0.15) is 33.6 Å².